The van der Waals surface area contributed by atoms with Gasteiger partial charge in [-0.05, 0) is 0 Å². The smallest absolute Gasteiger partial charge is 0.147 e. The van der Waals surface area contributed by atoms with Crippen molar-refractivity contribution in [3.05, 3.63) is 42.0 Å². The molecule has 0 aromatic carbocycles. The Labute approximate surface area is 151 Å². The van der Waals surface area contributed by atoms with E-state index in [1.54, 1.807) is 11.1 Å². The van der Waals surface area contributed by atoms with E-state index in [0.29, 0.717) is 11.8 Å². The van der Waals surface area contributed by atoms with Crippen LogP contribution >= 0.6 is 24.8 Å². The van der Waals surface area contributed by atoms with Crippen molar-refractivity contribution in [2.24, 2.45) is 11.8 Å². The van der Waals surface area contributed by atoms with Gasteiger partial charge in [-0.25, -0.2) is 0 Å². The molecule has 2 atom stereocenters. The summed E-state index contributed by atoms with van der Waals surface area (Å²) in [6.07, 6.45) is 9.58. The van der Waals surface area contributed by atoms with Gasteiger partial charge in [0.05, 0.1) is 0 Å². The molecule has 0 saturated heterocycles. The van der Waals surface area contributed by atoms with Crippen molar-refractivity contribution in [3.8, 4) is 0 Å². The van der Waals surface area contributed by atoms with Gasteiger partial charge in [-0.15, -0.1) is 24.8 Å². The summed E-state index contributed by atoms with van der Waals surface area (Å²) < 4.78 is 7.17. The third kappa shape index (κ3) is 3.10. The Kier molecular flexibility index (Phi) is 7.47. The minimum absolute atomic E-state index is 0. The molecule has 0 bridgehead atoms. The molecule has 126 valence electrons. The molecule has 2 aliphatic carbocycles. The van der Waals surface area contributed by atoms with Crippen molar-refractivity contribution in [3.63, 3.8) is 0 Å². The third-order valence-corrected chi connectivity index (χ3v) is 34.7. The van der Waals surface area contributed by atoms with E-state index in [1.807, 2.05) is 6.56 Å². The molecule has 0 N–H and O–H groups in total. The van der Waals surface area contributed by atoms with Crippen molar-refractivity contribution >= 4 is 31.7 Å². The van der Waals surface area contributed by atoms with Gasteiger partial charge in [0, 0.05) is 0 Å². The zero-order valence-corrected chi connectivity index (χ0v) is 20.6. The Morgan fingerprint density at radius 3 is 1.41 bits per heavy atom. The number of halogens is 2. The number of hydrogen-bond donors (Lipinski definition) is 0. The van der Waals surface area contributed by atoms with E-state index in [1.165, 1.54) is 0 Å². The van der Waals surface area contributed by atoms with Crippen molar-refractivity contribution in [2.45, 2.75) is 49.8 Å². The van der Waals surface area contributed by atoms with E-state index in [9.17, 15) is 0 Å². The zero-order valence-electron chi connectivity index (χ0n) is 15.1. The summed E-state index contributed by atoms with van der Waals surface area (Å²) in [7, 11) is 0. The summed E-state index contributed by atoms with van der Waals surface area (Å²) in [4.78, 5) is 0. The molecule has 2 aliphatic rings. The normalized spacial score (nSPS) is 25.0. The molecule has 0 aliphatic heterocycles. The Morgan fingerprint density at radius 1 is 0.909 bits per heavy atom. The van der Waals surface area contributed by atoms with Crippen LogP contribution in [0.3, 0.4) is 0 Å². The van der Waals surface area contributed by atoms with E-state index < -0.39 is 17.4 Å². The molecular formula is C18H32Cl2SiZr. The molecule has 0 aromatic heterocycles. The quantitative estimate of drug-likeness (QED) is 0.481. The maximum atomic E-state index is 2.70. The summed E-state index contributed by atoms with van der Waals surface area (Å²) in [5.74, 6) is 1.28. The second-order valence-corrected chi connectivity index (χ2v) is 34.4. The standard InChI is InChI=1S/2C7H9.C3H7.CH3.2ClH.H2Si.Zr/c2*1-6-3-4-7(2)5-6;1-3-2;;;;;/h2*3-4,6H,1-2H3;3H,1-2H3;1H3;2*1H;1H2;. The average Bonchev–Trinajstić information content (AvgIpc) is 2.83. The molecule has 22 heavy (non-hydrogen) atoms. The predicted octanol–water partition coefficient (Wildman–Crippen LogP) is 5.90. The fourth-order valence-corrected chi connectivity index (χ4v) is 28.2. The Hall–Kier alpha value is 0.640. The van der Waals surface area contributed by atoms with Crippen LogP contribution in [0.4, 0.5) is 0 Å². The maximum absolute atomic E-state index is 3.13. The monoisotopic (exact) mass is 436 g/mol. The molecule has 0 amide bonds. The van der Waals surface area contributed by atoms with E-state index in [4.69, 9.17) is 0 Å². The Morgan fingerprint density at radius 2 is 1.23 bits per heavy atom. The average molecular weight is 439 g/mol. The van der Waals surface area contributed by atoms with Gasteiger partial charge in [-0.3, -0.25) is 0 Å². The number of hydrogen-bond acceptors (Lipinski definition) is 0. The second-order valence-electron chi connectivity index (χ2n) is 7.76. The summed E-state index contributed by atoms with van der Waals surface area (Å²) in [5.41, 5.74) is 3.13. The van der Waals surface area contributed by atoms with Crippen LogP contribution in [0.15, 0.2) is 42.0 Å². The molecule has 4 heteroatoms. The third-order valence-electron chi connectivity index (χ3n) is 6.09. The van der Waals surface area contributed by atoms with Crippen LogP contribution in [0, 0.1) is 11.8 Å². The van der Waals surface area contributed by atoms with Gasteiger partial charge >= 0.3 is 128 Å². The Balaban J connectivity index is 0.00000220. The minimum Gasteiger partial charge on any atom is -0.147 e. The van der Waals surface area contributed by atoms with Crippen molar-refractivity contribution in [2.75, 3.05) is 0 Å². The van der Waals surface area contributed by atoms with Crippen molar-refractivity contribution in [1.82, 2.24) is 0 Å². The van der Waals surface area contributed by atoms with Crippen LogP contribution in [0.1, 0.15) is 41.5 Å². The molecular weight excluding hydrogens is 406 g/mol. The summed E-state index contributed by atoms with van der Waals surface area (Å²) in [5, 5.41) is 0. The molecule has 0 radical (unpaired) electrons. The largest absolute Gasteiger partial charge is 0.147 e. The molecule has 0 saturated carbocycles. The fourth-order valence-electron chi connectivity index (χ4n) is 4.80. The summed E-state index contributed by atoms with van der Waals surface area (Å²) >= 11 is -3.13. The van der Waals surface area contributed by atoms with Crippen LogP contribution in [0.25, 0.3) is 0 Å². The molecule has 0 aromatic rings. The van der Waals surface area contributed by atoms with E-state index in [2.05, 4.69) is 77.4 Å². The van der Waals surface area contributed by atoms with Gasteiger partial charge in [-0.1, -0.05) is 0 Å². The molecule has 0 heterocycles. The summed E-state index contributed by atoms with van der Waals surface area (Å²) in [6.45, 7) is 16.9. The van der Waals surface area contributed by atoms with E-state index in [-0.39, 0.29) is 24.8 Å². The van der Waals surface area contributed by atoms with Crippen molar-refractivity contribution < 1.29 is 17.4 Å². The second kappa shape index (κ2) is 7.26. The van der Waals surface area contributed by atoms with Gasteiger partial charge in [0.15, 0.2) is 0 Å². The van der Waals surface area contributed by atoms with E-state index >= 15 is 0 Å². The SMILES string of the molecule is CC1=[C]([Zr]([CH3])(=[SiH2])([C]2=C(C)C=CC2C)[CH](C)C)C(C)C=C1.Cl.Cl. The van der Waals surface area contributed by atoms with Crippen LogP contribution in [0.5, 0.6) is 0 Å². The minimum atomic E-state index is -3.13. The van der Waals surface area contributed by atoms with Crippen LogP contribution < -0.4 is 0 Å². The van der Waals surface area contributed by atoms with Gasteiger partial charge in [-0.2, -0.15) is 0 Å². The summed E-state index contributed by atoms with van der Waals surface area (Å²) in [6, 6.07) is 0. The number of allylic oxidation sites excluding steroid dienone is 8. The van der Waals surface area contributed by atoms with E-state index in [0.717, 1.165) is 3.63 Å². The number of rotatable bonds is 3. The van der Waals surface area contributed by atoms with Gasteiger partial charge in [0.25, 0.3) is 0 Å². The Bertz CT molecular complexity index is 591. The first-order chi connectivity index (χ1) is 9.10. The maximum Gasteiger partial charge on any atom is -0.147 e. The first-order valence-corrected chi connectivity index (χ1v) is 20.2. The van der Waals surface area contributed by atoms with Crippen LogP contribution in [0.2, 0.25) is 8.26 Å². The first-order valence-electron chi connectivity index (χ1n) is 7.94. The van der Waals surface area contributed by atoms with Crippen molar-refractivity contribution in [1.29, 1.82) is 0 Å². The molecule has 0 fully saturated rings. The molecule has 2 rings (SSSR count). The molecule has 0 nitrogen and oxygen atoms in total. The topological polar surface area (TPSA) is 0 Å². The fraction of sp³-hybridized carbons (Fsp3) is 0.556. The van der Waals surface area contributed by atoms with Gasteiger partial charge in [0.2, 0.25) is 0 Å². The first kappa shape index (κ1) is 22.6. The van der Waals surface area contributed by atoms with Gasteiger partial charge in [0.1, 0.15) is 0 Å². The van der Waals surface area contributed by atoms with Crippen LogP contribution in [-0.2, 0) is 17.4 Å². The molecule has 2 unspecified atom stereocenters. The molecule has 0 spiro atoms. The predicted molar refractivity (Wildman–Crippen MR) is 106 cm³/mol. The zero-order chi connectivity index (χ0) is 15.3. The van der Waals surface area contributed by atoms with Crippen LogP contribution in [-0.4, -0.2) is 6.88 Å². The van der Waals surface area contributed by atoms with Gasteiger partial charge < -0.3 is 0 Å².